The van der Waals surface area contributed by atoms with Crippen LogP contribution in [0.1, 0.15) is 55.9 Å². The molecular weight excluding hydrogens is 256 g/mol. The molecule has 1 aromatic heterocycles. The van der Waals surface area contributed by atoms with Crippen molar-refractivity contribution in [1.29, 1.82) is 0 Å². The van der Waals surface area contributed by atoms with Gasteiger partial charge in [0, 0.05) is 13.1 Å². The van der Waals surface area contributed by atoms with Gasteiger partial charge in [-0.2, -0.15) is 0 Å². The van der Waals surface area contributed by atoms with Crippen molar-refractivity contribution >= 4 is 17.2 Å². The zero-order chi connectivity index (χ0) is 14.4. The molecule has 0 aromatic carbocycles. The normalized spacial score (nSPS) is 11.3. The van der Waals surface area contributed by atoms with E-state index in [2.05, 4.69) is 32.7 Å². The first-order valence-electron chi connectivity index (χ1n) is 7.11. The van der Waals surface area contributed by atoms with Gasteiger partial charge in [0.15, 0.2) is 0 Å². The molecule has 3 nitrogen and oxygen atoms in total. The maximum atomic E-state index is 12.5. The summed E-state index contributed by atoms with van der Waals surface area (Å²) < 4.78 is 0. The Morgan fingerprint density at radius 1 is 1.21 bits per heavy atom. The standard InChI is InChI=1S/C15H26N2OS/c1-11(2)6-8-17(9-7-12(3)4)15(18)14-13(5)16-10-19-14/h10-12H,6-9H2,1-5H3. The van der Waals surface area contributed by atoms with Crippen molar-refractivity contribution in [3.05, 3.63) is 16.1 Å². The highest BCUT2D eigenvalue weighted by molar-refractivity contribution is 7.11. The van der Waals surface area contributed by atoms with Crippen molar-refractivity contribution in [2.75, 3.05) is 13.1 Å². The van der Waals surface area contributed by atoms with E-state index in [0.717, 1.165) is 36.5 Å². The van der Waals surface area contributed by atoms with Crippen LogP contribution in [0, 0.1) is 18.8 Å². The molecule has 0 bridgehead atoms. The third-order valence-corrected chi connectivity index (χ3v) is 4.10. The zero-order valence-electron chi connectivity index (χ0n) is 12.8. The quantitative estimate of drug-likeness (QED) is 0.757. The van der Waals surface area contributed by atoms with Crippen LogP contribution in [0.15, 0.2) is 5.51 Å². The fraction of sp³-hybridized carbons (Fsp3) is 0.733. The first kappa shape index (κ1) is 16.2. The van der Waals surface area contributed by atoms with Gasteiger partial charge in [-0.05, 0) is 31.6 Å². The summed E-state index contributed by atoms with van der Waals surface area (Å²) in [5.74, 6) is 1.40. The van der Waals surface area contributed by atoms with E-state index in [-0.39, 0.29) is 5.91 Å². The minimum Gasteiger partial charge on any atom is -0.338 e. The lowest BCUT2D eigenvalue weighted by atomic mass is 10.1. The molecule has 1 rings (SSSR count). The molecule has 1 amide bonds. The second kappa shape index (κ2) is 7.63. The molecule has 0 spiro atoms. The third kappa shape index (κ3) is 5.31. The highest BCUT2D eigenvalue weighted by atomic mass is 32.1. The van der Waals surface area contributed by atoms with Crippen LogP contribution in [0.25, 0.3) is 0 Å². The Labute approximate surface area is 121 Å². The van der Waals surface area contributed by atoms with Crippen molar-refractivity contribution in [2.24, 2.45) is 11.8 Å². The van der Waals surface area contributed by atoms with E-state index in [1.54, 1.807) is 5.51 Å². The maximum Gasteiger partial charge on any atom is 0.265 e. The predicted molar refractivity (Wildman–Crippen MR) is 81.7 cm³/mol. The van der Waals surface area contributed by atoms with Crippen LogP contribution in [-0.4, -0.2) is 28.9 Å². The minimum atomic E-state index is 0.154. The van der Waals surface area contributed by atoms with E-state index in [4.69, 9.17) is 0 Å². The number of hydrogen-bond donors (Lipinski definition) is 0. The molecule has 0 saturated heterocycles. The minimum absolute atomic E-state index is 0.154. The van der Waals surface area contributed by atoms with Gasteiger partial charge in [0.25, 0.3) is 5.91 Å². The predicted octanol–water partition coefficient (Wildman–Crippen LogP) is 3.99. The van der Waals surface area contributed by atoms with Crippen LogP contribution in [0.5, 0.6) is 0 Å². The summed E-state index contributed by atoms with van der Waals surface area (Å²) in [5, 5.41) is 0. The summed E-state index contributed by atoms with van der Waals surface area (Å²) in [6.45, 7) is 12.4. The first-order valence-corrected chi connectivity index (χ1v) is 7.99. The Kier molecular flexibility index (Phi) is 6.49. The van der Waals surface area contributed by atoms with E-state index in [1.807, 2.05) is 11.8 Å². The van der Waals surface area contributed by atoms with Gasteiger partial charge in [-0.15, -0.1) is 11.3 Å². The smallest absolute Gasteiger partial charge is 0.265 e. The monoisotopic (exact) mass is 282 g/mol. The van der Waals surface area contributed by atoms with E-state index in [1.165, 1.54) is 11.3 Å². The summed E-state index contributed by atoms with van der Waals surface area (Å²) in [6.07, 6.45) is 2.11. The van der Waals surface area contributed by atoms with Gasteiger partial charge >= 0.3 is 0 Å². The molecule has 0 radical (unpaired) electrons. The highest BCUT2D eigenvalue weighted by Gasteiger charge is 2.19. The van der Waals surface area contributed by atoms with Gasteiger partial charge < -0.3 is 4.90 Å². The van der Waals surface area contributed by atoms with E-state index >= 15 is 0 Å². The summed E-state index contributed by atoms with van der Waals surface area (Å²) >= 11 is 1.45. The first-order chi connectivity index (χ1) is 8.91. The molecule has 0 aliphatic carbocycles. The van der Waals surface area contributed by atoms with Crippen molar-refractivity contribution in [3.8, 4) is 0 Å². The van der Waals surface area contributed by atoms with Gasteiger partial charge in [0.05, 0.1) is 11.2 Å². The SMILES string of the molecule is Cc1ncsc1C(=O)N(CCC(C)C)CCC(C)C. The van der Waals surface area contributed by atoms with Crippen molar-refractivity contribution in [3.63, 3.8) is 0 Å². The van der Waals surface area contributed by atoms with Gasteiger partial charge in [0.1, 0.15) is 4.88 Å². The highest BCUT2D eigenvalue weighted by Crippen LogP contribution is 2.17. The Morgan fingerprint density at radius 2 is 1.74 bits per heavy atom. The fourth-order valence-electron chi connectivity index (χ4n) is 1.79. The molecule has 0 saturated carbocycles. The molecular formula is C15H26N2OS. The summed E-state index contributed by atoms with van der Waals surface area (Å²) in [4.78, 5) is 19.5. The Bertz CT molecular complexity index is 387. The van der Waals surface area contributed by atoms with Gasteiger partial charge in [-0.25, -0.2) is 4.98 Å². The van der Waals surface area contributed by atoms with Crippen LogP contribution >= 0.6 is 11.3 Å². The molecule has 0 aliphatic rings. The second-order valence-electron chi connectivity index (χ2n) is 5.92. The number of thiazole rings is 1. The number of rotatable bonds is 7. The molecule has 0 atom stereocenters. The van der Waals surface area contributed by atoms with Crippen LogP contribution in [0.2, 0.25) is 0 Å². The molecule has 4 heteroatoms. The molecule has 0 N–H and O–H groups in total. The Balaban J connectivity index is 2.71. The molecule has 0 unspecified atom stereocenters. The number of aryl methyl sites for hydroxylation is 1. The lowest BCUT2D eigenvalue weighted by Crippen LogP contribution is -2.34. The summed E-state index contributed by atoms with van der Waals surface area (Å²) in [7, 11) is 0. The number of nitrogens with zero attached hydrogens (tertiary/aromatic N) is 2. The summed E-state index contributed by atoms with van der Waals surface area (Å²) in [6, 6.07) is 0. The van der Waals surface area contributed by atoms with Crippen molar-refractivity contribution < 1.29 is 4.79 Å². The molecule has 19 heavy (non-hydrogen) atoms. The Hall–Kier alpha value is -0.900. The van der Waals surface area contributed by atoms with E-state index < -0.39 is 0 Å². The maximum absolute atomic E-state index is 12.5. The van der Waals surface area contributed by atoms with E-state index in [0.29, 0.717) is 11.8 Å². The number of hydrogen-bond acceptors (Lipinski definition) is 3. The van der Waals surface area contributed by atoms with Crippen molar-refractivity contribution in [2.45, 2.75) is 47.5 Å². The fourth-order valence-corrected chi connectivity index (χ4v) is 2.56. The zero-order valence-corrected chi connectivity index (χ0v) is 13.6. The lowest BCUT2D eigenvalue weighted by Gasteiger charge is -2.24. The van der Waals surface area contributed by atoms with Gasteiger partial charge in [-0.1, -0.05) is 27.7 Å². The lowest BCUT2D eigenvalue weighted by molar-refractivity contribution is 0.0745. The second-order valence-corrected chi connectivity index (χ2v) is 6.78. The van der Waals surface area contributed by atoms with Crippen molar-refractivity contribution in [1.82, 2.24) is 9.88 Å². The van der Waals surface area contributed by atoms with Crippen LogP contribution < -0.4 is 0 Å². The molecule has 108 valence electrons. The number of aromatic nitrogens is 1. The molecule has 0 fully saturated rings. The van der Waals surface area contributed by atoms with E-state index in [9.17, 15) is 4.79 Å². The largest absolute Gasteiger partial charge is 0.338 e. The number of carbonyl (C=O) groups excluding carboxylic acids is 1. The topological polar surface area (TPSA) is 33.2 Å². The van der Waals surface area contributed by atoms with Crippen LogP contribution in [-0.2, 0) is 0 Å². The number of amides is 1. The molecule has 1 aromatic rings. The van der Waals surface area contributed by atoms with Gasteiger partial charge in [-0.3, -0.25) is 4.79 Å². The Morgan fingerprint density at radius 3 is 2.11 bits per heavy atom. The average molecular weight is 282 g/mol. The third-order valence-electron chi connectivity index (χ3n) is 3.18. The molecule has 0 aliphatic heterocycles. The average Bonchev–Trinajstić information content (AvgIpc) is 2.74. The van der Waals surface area contributed by atoms with Gasteiger partial charge in [0.2, 0.25) is 0 Å². The molecule has 1 heterocycles. The number of carbonyl (C=O) groups is 1. The van der Waals surface area contributed by atoms with Crippen LogP contribution in [0.3, 0.4) is 0 Å². The van der Waals surface area contributed by atoms with Crippen LogP contribution in [0.4, 0.5) is 0 Å². The summed E-state index contributed by atoms with van der Waals surface area (Å²) in [5.41, 5.74) is 2.61.